The van der Waals surface area contributed by atoms with E-state index in [1.165, 1.54) is 11.3 Å². The maximum atomic E-state index is 12.9. The van der Waals surface area contributed by atoms with E-state index in [1.54, 1.807) is 54.8 Å². The van der Waals surface area contributed by atoms with Crippen molar-refractivity contribution in [1.82, 2.24) is 0 Å². The Labute approximate surface area is 186 Å². The Kier molecular flexibility index (Phi) is 5.02. The number of allylic oxidation sites excluding steroid dienone is 1. The summed E-state index contributed by atoms with van der Waals surface area (Å²) in [6.45, 7) is 2.24. The van der Waals surface area contributed by atoms with E-state index in [9.17, 15) is 9.59 Å². The summed E-state index contributed by atoms with van der Waals surface area (Å²) in [5.74, 6) is 0.731. The van der Waals surface area contributed by atoms with E-state index in [1.807, 2.05) is 0 Å². The molecule has 2 aromatic carbocycles. The van der Waals surface area contributed by atoms with E-state index in [4.69, 9.17) is 30.5 Å². The molecule has 0 saturated carbocycles. The van der Waals surface area contributed by atoms with Crippen molar-refractivity contribution in [3.05, 3.63) is 79.7 Å². The van der Waals surface area contributed by atoms with Gasteiger partial charge in [-0.3, -0.25) is 4.79 Å². The largest absolute Gasteiger partial charge is 0.467 e. The molecule has 6 nitrogen and oxygen atoms in total. The lowest BCUT2D eigenvalue weighted by Crippen LogP contribution is -2.12. The van der Waals surface area contributed by atoms with E-state index in [0.717, 1.165) is 5.56 Å². The molecule has 2 aliphatic heterocycles. The third-order valence-electron chi connectivity index (χ3n) is 4.95. The molecule has 0 atom stereocenters. The summed E-state index contributed by atoms with van der Waals surface area (Å²) in [4.78, 5) is 25.7. The Morgan fingerprint density at radius 2 is 2.10 bits per heavy atom. The second-order valence-corrected chi connectivity index (χ2v) is 8.35. The standard InChI is InChI=1S/C23H15ClO6S/c1-12-17(30-23(26)19-3-2-6-31-19)5-4-16-20(25)18(29-21(12)16)9-13-7-15(24)8-14-10-27-11-28-22(13)14/h2-9H,10-11H2,1H3/b18-9-. The first-order valence-electron chi connectivity index (χ1n) is 9.38. The zero-order chi connectivity index (χ0) is 21.5. The quantitative estimate of drug-likeness (QED) is 0.299. The van der Waals surface area contributed by atoms with E-state index in [0.29, 0.717) is 50.4 Å². The maximum Gasteiger partial charge on any atom is 0.353 e. The number of esters is 1. The Bertz CT molecular complexity index is 1250. The van der Waals surface area contributed by atoms with Crippen molar-refractivity contribution < 1.29 is 28.5 Å². The van der Waals surface area contributed by atoms with Crippen LogP contribution in [0.5, 0.6) is 17.2 Å². The topological polar surface area (TPSA) is 71.1 Å². The molecular weight excluding hydrogens is 440 g/mol. The lowest BCUT2D eigenvalue weighted by atomic mass is 10.0. The zero-order valence-corrected chi connectivity index (χ0v) is 17.8. The minimum absolute atomic E-state index is 0.123. The van der Waals surface area contributed by atoms with Crippen LogP contribution >= 0.6 is 22.9 Å². The van der Waals surface area contributed by atoms with E-state index in [-0.39, 0.29) is 18.3 Å². The molecule has 3 heterocycles. The monoisotopic (exact) mass is 454 g/mol. The van der Waals surface area contributed by atoms with Crippen LogP contribution in [-0.4, -0.2) is 18.5 Å². The van der Waals surface area contributed by atoms with Crippen molar-refractivity contribution in [3.63, 3.8) is 0 Å². The molecule has 0 fully saturated rings. The molecule has 0 N–H and O–H groups in total. The molecule has 5 rings (SSSR count). The third kappa shape index (κ3) is 3.61. The number of halogens is 1. The molecule has 2 aliphatic rings. The van der Waals surface area contributed by atoms with Crippen LogP contribution in [0.2, 0.25) is 5.02 Å². The van der Waals surface area contributed by atoms with Crippen LogP contribution in [0.3, 0.4) is 0 Å². The summed E-state index contributed by atoms with van der Waals surface area (Å²) in [5.41, 5.74) is 2.40. The van der Waals surface area contributed by atoms with Crippen molar-refractivity contribution in [1.29, 1.82) is 0 Å². The van der Waals surface area contributed by atoms with Gasteiger partial charge < -0.3 is 18.9 Å². The van der Waals surface area contributed by atoms with Gasteiger partial charge in [0.15, 0.2) is 12.6 Å². The van der Waals surface area contributed by atoms with Gasteiger partial charge in [0.2, 0.25) is 5.78 Å². The molecule has 1 aromatic heterocycles. The van der Waals surface area contributed by atoms with Gasteiger partial charge in [-0.25, -0.2) is 4.79 Å². The molecule has 31 heavy (non-hydrogen) atoms. The predicted octanol–water partition coefficient (Wildman–Crippen LogP) is 5.41. The number of rotatable bonds is 3. The zero-order valence-electron chi connectivity index (χ0n) is 16.3. The summed E-state index contributed by atoms with van der Waals surface area (Å²) in [5, 5.41) is 2.30. The molecule has 156 valence electrons. The van der Waals surface area contributed by atoms with E-state index < -0.39 is 5.97 Å². The third-order valence-corrected chi connectivity index (χ3v) is 6.02. The second-order valence-electron chi connectivity index (χ2n) is 6.97. The molecule has 0 unspecified atom stereocenters. The molecule has 3 aromatic rings. The number of Topliss-reactive ketones (excluding diaryl/α,β-unsaturated/α-hetero) is 1. The van der Waals surface area contributed by atoms with Gasteiger partial charge in [0.05, 0.1) is 12.2 Å². The number of carbonyl (C=O) groups is 2. The number of hydrogen-bond acceptors (Lipinski definition) is 7. The number of fused-ring (bicyclic) bond motifs is 2. The highest BCUT2D eigenvalue weighted by atomic mass is 35.5. The fraction of sp³-hybridized carbons (Fsp3) is 0.130. The lowest BCUT2D eigenvalue weighted by molar-refractivity contribution is -0.0165. The Hall–Kier alpha value is -3.13. The molecule has 8 heteroatoms. The van der Waals surface area contributed by atoms with Crippen LogP contribution < -0.4 is 14.2 Å². The van der Waals surface area contributed by atoms with Crippen molar-refractivity contribution in [2.75, 3.05) is 6.79 Å². The summed E-state index contributed by atoms with van der Waals surface area (Å²) in [6.07, 6.45) is 1.61. The minimum Gasteiger partial charge on any atom is -0.467 e. The van der Waals surface area contributed by atoms with Crippen molar-refractivity contribution in [2.24, 2.45) is 0 Å². The van der Waals surface area contributed by atoms with Crippen LogP contribution in [0.1, 0.15) is 36.7 Å². The number of benzene rings is 2. The van der Waals surface area contributed by atoms with Gasteiger partial charge in [0.1, 0.15) is 22.1 Å². The molecule has 0 radical (unpaired) electrons. The summed E-state index contributed by atoms with van der Waals surface area (Å²) >= 11 is 7.51. The highest BCUT2D eigenvalue weighted by Gasteiger charge is 2.31. The Balaban J connectivity index is 1.47. The molecule has 0 spiro atoms. The minimum atomic E-state index is -0.455. The summed E-state index contributed by atoms with van der Waals surface area (Å²) < 4.78 is 22.3. The van der Waals surface area contributed by atoms with Gasteiger partial charge in [-0.15, -0.1) is 11.3 Å². The fourth-order valence-corrected chi connectivity index (χ4v) is 4.33. The van der Waals surface area contributed by atoms with Gasteiger partial charge in [-0.2, -0.15) is 0 Å². The summed E-state index contributed by atoms with van der Waals surface area (Å²) in [6, 6.07) is 10.1. The smallest absolute Gasteiger partial charge is 0.353 e. The lowest BCUT2D eigenvalue weighted by Gasteiger charge is -2.20. The van der Waals surface area contributed by atoms with Crippen molar-refractivity contribution in [2.45, 2.75) is 13.5 Å². The molecule has 0 saturated heterocycles. The van der Waals surface area contributed by atoms with Crippen LogP contribution in [0, 0.1) is 6.92 Å². The average Bonchev–Trinajstić information content (AvgIpc) is 3.40. The van der Waals surface area contributed by atoms with Crippen molar-refractivity contribution in [3.8, 4) is 17.2 Å². The van der Waals surface area contributed by atoms with Crippen LogP contribution in [-0.2, 0) is 11.3 Å². The van der Waals surface area contributed by atoms with E-state index in [2.05, 4.69) is 0 Å². The van der Waals surface area contributed by atoms with Gasteiger partial charge in [-0.1, -0.05) is 17.7 Å². The van der Waals surface area contributed by atoms with Crippen molar-refractivity contribution >= 4 is 40.8 Å². The Morgan fingerprint density at radius 1 is 1.23 bits per heavy atom. The predicted molar refractivity (Wildman–Crippen MR) is 115 cm³/mol. The van der Waals surface area contributed by atoms with Crippen LogP contribution in [0.25, 0.3) is 6.08 Å². The Morgan fingerprint density at radius 3 is 2.90 bits per heavy atom. The van der Waals surface area contributed by atoms with Gasteiger partial charge in [0.25, 0.3) is 0 Å². The first-order chi connectivity index (χ1) is 15.0. The number of ketones is 1. The molecule has 0 aliphatic carbocycles. The first kappa shape index (κ1) is 19.8. The van der Waals surface area contributed by atoms with Gasteiger partial charge in [0, 0.05) is 21.7 Å². The average molecular weight is 455 g/mol. The maximum absolute atomic E-state index is 12.9. The number of hydrogen-bond donors (Lipinski definition) is 0. The SMILES string of the molecule is Cc1c(OC(=O)c2cccs2)ccc2c1O/C(=C\c1cc(Cl)cc3c1OCOC3)C2=O. The van der Waals surface area contributed by atoms with Gasteiger partial charge >= 0.3 is 5.97 Å². The summed E-state index contributed by atoms with van der Waals surface area (Å²) in [7, 11) is 0. The van der Waals surface area contributed by atoms with Crippen LogP contribution in [0.4, 0.5) is 0 Å². The highest BCUT2D eigenvalue weighted by Crippen LogP contribution is 2.41. The first-order valence-corrected chi connectivity index (χ1v) is 10.6. The molecule has 0 amide bonds. The van der Waals surface area contributed by atoms with E-state index >= 15 is 0 Å². The van der Waals surface area contributed by atoms with Crippen LogP contribution in [0.15, 0.2) is 47.5 Å². The number of ether oxygens (including phenoxy) is 4. The second kappa shape index (κ2) is 7.85. The highest BCUT2D eigenvalue weighted by molar-refractivity contribution is 7.12. The molecule has 0 bridgehead atoms. The number of carbonyl (C=O) groups excluding carboxylic acids is 2. The number of thiophene rings is 1. The normalized spacial score (nSPS) is 15.8. The molecular formula is C23H15ClO6S. The van der Waals surface area contributed by atoms with Gasteiger partial charge in [-0.05, 0) is 48.7 Å². The fourth-order valence-electron chi connectivity index (χ4n) is 3.48.